The van der Waals surface area contributed by atoms with E-state index in [4.69, 9.17) is 5.11 Å². The molecule has 0 fully saturated rings. The summed E-state index contributed by atoms with van der Waals surface area (Å²) in [4.78, 5) is 0. The first-order chi connectivity index (χ1) is 5.79. The Morgan fingerprint density at radius 2 is 2.08 bits per heavy atom. The van der Waals surface area contributed by atoms with Gasteiger partial charge < -0.3 is 5.11 Å². The molecule has 0 amide bonds. The fraction of sp³-hybridized carbons (Fsp3) is 0.400. The van der Waals surface area contributed by atoms with Gasteiger partial charge in [0.25, 0.3) is 0 Å². The van der Waals surface area contributed by atoms with E-state index in [9.17, 15) is 0 Å². The van der Waals surface area contributed by atoms with E-state index in [1.54, 1.807) is 0 Å². The van der Waals surface area contributed by atoms with Crippen molar-refractivity contribution in [3.05, 3.63) is 33.8 Å². The van der Waals surface area contributed by atoms with Crippen LogP contribution in [0.3, 0.4) is 0 Å². The number of halogens is 1. The second-order valence-electron chi connectivity index (χ2n) is 3.37. The van der Waals surface area contributed by atoms with Crippen LogP contribution in [0.25, 0.3) is 0 Å². The van der Waals surface area contributed by atoms with Crippen molar-refractivity contribution in [3.63, 3.8) is 0 Å². The fourth-order valence-corrected chi connectivity index (χ4v) is 2.22. The molecule has 0 aromatic heterocycles. The minimum absolute atomic E-state index is 0.312. The minimum atomic E-state index is 0.312. The first kappa shape index (κ1) is 8.27. The monoisotopic (exact) mass is 226 g/mol. The van der Waals surface area contributed by atoms with Crippen LogP contribution in [0.4, 0.5) is 0 Å². The van der Waals surface area contributed by atoms with Crippen LogP contribution in [0.1, 0.15) is 11.1 Å². The molecule has 0 saturated carbocycles. The van der Waals surface area contributed by atoms with Crippen LogP contribution >= 0.6 is 15.9 Å². The van der Waals surface area contributed by atoms with Crippen LogP contribution in [-0.4, -0.2) is 11.7 Å². The standard InChI is InChI=1S/C10H11BrO/c11-10-2-1-8-3-7(6-12)4-9(8)5-10/h1-2,5,7,12H,3-4,6H2. The molecule has 1 aromatic rings. The van der Waals surface area contributed by atoms with Gasteiger partial charge in [0.1, 0.15) is 0 Å². The minimum Gasteiger partial charge on any atom is -0.396 e. The van der Waals surface area contributed by atoms with E-state index < -0.39 is 0 Å². The van der Waals surface area contributed by atoms with E-state index in [-0.39, 0.29) is 0 Å². The highest BCUT2D eigenvalue weighted by Crippen LogP contribution is 2.28. The van der Waals surface area contributed by atoms with Crippen LogP contribution < -0.4 is 0 Å². The van der Waals surface area contributed by atoms with Gasteiger partial charge in [0.05, 0.1) is 0 Å². The Morgan fingerprint density at radius 1 is 1.33 bits per heavy atom. The largest absolute Gasteiger partial charge is 0.396 e. The van der Waals surface area contributed by atoms with E-state index in [0.717, 1.165) is 17.3 Å². The zero-order valence-corrected chi connectivity index (χ0v) is 8.34. The van der Waals surface area contributed by atoms with Crippen molar-refractivity contribution in [3.8, 4) is 0 Å². The molecular weight excluding hydrogens is 216 g/mol. The second-order valence-corrected chi connectivity index (χ2v) is 4.29. The summed E-state index contributed by atoms with van der Waals surface area (Å²) in [5.74, 6) is 0.453. The lowest BCUT2D eigenvalue weighted by molar-refractivity contribution is 0.232. The molecule has 1 aliphatic carbocycles. The number of aliphatic hydroxyl groups is 1. The lowest BCUT2D eigenvalue weighted by Crippen LogP contribution is -2.04. The third-order valence-corrected chi connectivity index (χ3v) is 2.94. The van der Waals surface area contributed by atoms with E-state index in [0.29, 0.717) is 12.5 Å². The van der Waals surface area contributed by atoms with Gasteiger partial charge in [-0.2, -0.15) is 0 Å². The van der Waals surface area contributed by atoms with Gasteiger partial charge in [-0.15, -0.1) is 0 Å². The summed E-state index contributed by atoms with van der Waals surface area (Å²) in [6.45, 7) is 0.312. The molecule has 1 aliphatic rings. The quantitative estimate of drug-likeness (QED) is 0.779. The molecule has 1 nitrogen and oxygen atoms in total. The number of benzene rings is 1. The Balaban J connectivity index is 2.30. The highest BCUT2D eigenvalue weighted by Gasteiger charge is 2.20. The molecule has 0 heterocycles. The maximum absolute atomic E-state index is 9.00. The Labute approximate surface area is 80.5 Å². The van der Waals surface area contributed by atoms with Crippen LogP contribution in [-0.2, 0) is 12.8 Å². The summed E-state index contributed by atoms with van der Waals surface area (Å²) in [5, 5.41) is 9.00. The topological polar surface area (TPSA) is 20.2 Å². The molecule has 0 aliphatic heterocycles. The summed E-state index contributed by atoms with van der Waals surface area (Å²) in [7, 11) is 0. The zero-order valence-electron chi connectivity index (χ0n) is 6.76. The summed E-state index contributed by atoms with van der Waals surface area (Å²) in [6.07, 6.45) is 2.07. The summed E-state index contributed by atoms with van der Waals surface area (Å²) >= 11 is 3.44. The summed E-state index contributed by atoms with van der Waals surface area (Å²) < 4.78 is 1.14. The highest BCUT2D eigenvalue weighted by molar-refractivity contribution is 9.10. The van der Waals surface area contributed by atoms with Gasteiger partial charge in [-0.25, -0.2) is 0 Å². The Bertz CT molecular complexity index is 296. The number of hydrogen-bond donors (Lipinski definition) is 1. The van der Waals surface area contributed by atoms with Crippen LogP contribution in [0, 0.1) is 5.92 Å². The number of aliphatic hydroxyl groups excluding tert-OH is 1. The van der Waals surface area contributed by atoms with Gasteiger partial charge in [-0.1, -0.05) is 22.0 Å². The molecule has 0 bridgehead atoms. The lowest BCUT2D eigenvalue weighted by atomic mass is 10.1. The van der Waals surface area contributed by atoms with Crippen LogP contribution in [0.5, 0.6) is 0 Å². The molecule has 64 valence electrons. The van der Waals surface area contributed by atoms with Gasteiger partial charge in [0, 0.05) is 11.1 Å². The van der Waals surface area contributed by atoms with Crippen molar-refractivity contribution in [1.29, 1.82) is 0 Å². The predicted molar refractivity (Wildman–Crippen MR) is 52.1 cm³/mol. The van der Waals surface area contributed by atoms with Gasteiger partial charge in [-0.05, 0) is 42.0 Å². The van der Waals surface area contributed by atoms with E-state index in [2.05, 4.69) is 34.1 Å². The molecule has 2 heteroatoms. The molecular formula is C10H11BrO. The molecule has 2 rings (SSSR count). The van der Waals surface area contributed by atoms with E-state index >= 15 is 0 Å². The maximum Gasteiger partial charge on any atom is 0.0465 e. The SMILES string of the molecule is OCC1Cc2ccc(Br)cc2C1. The predicted octanol–water partition coefficient (Wildman–Crippen LogP) is 2.16. The second kappa shape index (κ2) is 3.19. The summed E-state index contributed by atoms with van der Waals surface area (Å²) in [6, 6.07) is 6.37. The number of hydrogen-bond acceptors (Lipinski definition) is 1. The van der Waals surface area contributed by atoms with Crippen LogP contribution in [0.2, 0.25) is 0 Å². The third-order valence-electron chi connectivity index (χ3n) is 2.44. The van der Waals surface area contributed by atoms with Gasteiger partial charge in [-0.3, -0.25) is 0 Å². The molecule has 1 unspecified atom stereocenters. The molecule has 0 saturated heterocycles. The summed E-state index contributed by atoms with van der Waals surface area (Å²) in [5.41, 5.74) is 2.79. The normalized spacial score (nSPS) is 21.0. The van der Waals surface area contributed by atoms with Crippen LogP contribution in [0.15, 0.2) is 22.7 Å². The van der Waals surface area contributed by atoms with Gasteiger partial charge >= 0.3 is 0 Å². The molecule has 1 atom stereocenters. The Morgan fingerprint density at radius 3 is 2.83 bits per heavy atom. The fourth-order valence-electron chi connectivity index (χ4n) is 1.81. The van der Waals surface area contributed by atoms with E-state index in [1.807, 2.05) is 0 Å². The molecule has 1 N–H and O–H groups in total. The highest BCUT2D eigenvalue weighted by atomic mass is 79.9. The molecule has 12 heavy (non-hydrogen) atoms. The van der Waals surface area contributed by atoms with Crippen molar-refractivity contribution < 1.29 is 5.11 Å². The Hall–Kier alpha value is -0.340. The van der Waals surface area contributed by atoms with Crippen molar-refractivity contribution >= 4 is 15.9 Å². The van der Waals surface area contributed by atoms with Crippen molar-refractivity contribution in [2.45, 2.75) is 12.8 Å². The average Bonchev–Trinajstić information content (AvgIpc) is 2.46. The molecule has 0 radical (unpaired) electrons. The lowest BCUT2D eigenvalue weighted by Gasteiger charge is -2.00. The number of rotatable bonds is 1. The number of fused-ring (bicyclic) bond motifs is 1. The molecule has 0 spiro atoms. The first-order valence-electron chi connectivity index (χ1n) is 4.18. The van der Waals surface area contributed by atoms with Crippen molar-refractivity contribution in [2.24, 2.45) is 5.92 Å². The van der Waals surface area contributed by atoms with Crippen molar-refractivity contribution in [2.75, 3.05) is 6.61 Å². The smallest absolute Gasteiger partial charge is 0.0465 e. The third kappa shape index (κ3) is 1.41. The van der Waals surface area contributed by atoms with E-state index in [1.165, 1.54) is 11.1 Å². The maximum atomic E-state index is 9.00. The van der Waals surface area contributed by atoms with Gasteiger partial charge in [0.2, 0.25) is 0 Å². The molecule has 1 aromatic carbocycles. The average molecular weight is 227 g/mol. The Kier molecular flexibility index (Phi) is 2.20. The van der Waals surface area contributed by atoms with Crippen molar-refractivity contribution in [1.82, 2.24) is 0 Å². The zero-order chi connectivity index (χ0) is 8.55. The van der Waals surface area contributed by atoms with Gasteiger partial charge in [0.15, 0.2) is 0 Å². The first-order valence-corrected chi connectivity index (χ1v) is 4.97.